The minimum absolute atomic E-state index is 0.646. The summed E-state index contributed by atoms with van der Waals surface area (Å²) in [4.78, 5) is 4.58. The van der Waals surface area contributed by atoms with Gasteiger partial charge in [-0.15, -0.1) is 0 Å². The molecule has 2 N–H and O–H groups in total. The molecule has 0 atom stereocenters. The van der Waals surface area contributed by atoms with Crippen molar-refractivity contribution in [1.82, 2.24) is 5.32 Å². The van der Waals surface area contributed by atoms with Crippen molar-refractivity contribution in [3.63, 3.8) is 0 Å². The monoisotopic (exact) mass is 329 g/mol. The van der Waals surface area contributed by atoms with Crippen LogP contribution in [0.15, 0.2) is 46.0 Å². The number of guanidine groups is 1. The number of ether oxygens (including phenoxy) is 2. The zero-order chi connectivity index (χ0) is 16.6. The molecule has 2 heterocycles. The van der Waals surface area contributed by atoms with E-state index in [4.69, 9.17) is 13.9 Å². The normalized spacial score (nSPS) is 14.1. The lowest BCUT2D eigenvalue weighted by Gasteiger charge is -2.13. The maximum Gasteiger partial charge on any atom is 0.195 e. The van der Waals surface area contributed by atoms with Crippen LogP contribution in [0.25, 0.3) is 0 Å². The molecule has 128 valence electrons. The molecule has 0 amide bonds. The SMILES string of the molecule is CCNC(=NCCc1ccco1)Nc1ccc2c(c1)OCCCO2. The molecular formula is C18H23N3O3. The number of nitrogens with zero attached hydrogens (tertiary/aromatic N) is 1. The zero-order valence-electron chi connectivity index (χ0n) is 13.9. The molecule has 24 heavy (non-hydrogen) atoms. The molecule has 2 aromatic rings. The van der Waals surface area contributed by atoms with Crippen molar-refractivity contribution in [3.05, 3.63) is 42.4 Å². The predicted molar refractivity (Wildman–Crippen MR) is 94.1 cm³/mol. The Morgan fingerprint density at radius 2 is 2.04 bits per heavy atom. The average molecular weight is 329 g/mol. The number of hydrogen-bond acceptors (Lipinski definition) is 4. The maximum absolute atomic E-state index is 5.72. The lowest BCUT2D eigenvalue weighted by molar-refractivity contribution is 0.297. The third kappa shape index (κ3) is 4.44. The number of aliphatic imine (C=N–C) groups is 1. The van der Waals surface area contributed by atoms with Crippen molar-refractivity contribution in [3.8, 4) is 11.5 Å². The van der Waals surface area contributed by atoms with Crippen molar-refractivity contribution in [2.75, 3.05) is 31.6 Å². The minimum atomic E-state index is 0.646. The smallest absolute Gasteiger partial charge is 0.195 e. The van der Waals surface area contributed by atoms with E-state index in [1.165, 1.54) is 0 Å². The van der Waals surface area contributed by atoms with Crippen LogP contribution in [0.5, 0.6) is 11.5 Å². The summed E-state index contributed by atoms with van der Waals surface area (Å²) in [5.41, 5.74) is 0.914. The summed E-state index contributed by atoms with van der Waals surface area (Å²) in [6, 6.07) is 9.68. The maximum atomic E-state index is 5.72. The average Bonchev–Trinajstić information content (AvgIpc) is 2.99. The van der Waals surface area contributed by atoms with E-state index in [1.807, 2.05) is 37.3 Å². The number of rotatable bonds is 5. The number of anilines is 1. The van der Waals surface area contributed by atoms with E-state index in [0.29, 0.717) is 19.8 Å². The molecule has 6 heteroatoms. The third-order valence-corrected chi connectivity index (χ3v) is 3.56. The molecule has 3 rings (SSSR count). The van der Waals surface area contributed by atoms with Gasteiger partial charge in [-0.05, 0) is 31.2 Å². The van der Waals surface area contributed by atoms with Gasteiger partial charge in [-0.3, -0.25) is 4.99 Å². The lowest BCUT2D eigenvalue weighted by Crippen LogP contribution is -2.30. The Morgan fingerprint density at radius 3 is 2.83 bits per heavy atom. The van der Waals surface area contributed by atoms with Crippen LogP contribution in [0.1, 0.15) is 19.1 Å². The first-order chi connectivity index (χ1) is 11.8. The molecule has 0 saturated heterocycles. The standard InChI is InChI=1S/C18H23N3O3/c1-2-19-18(20-9-8-15-5-3-10-22-15)21-14-6-7-16-17(13-14)24-12-4-11-23-16/h3,5-7,10,13H,2,4,8-9,11-12H2,1H3,(H2,19,20,21). The molecule has 6 nitrogen and oxygen atoms in total. The van der Waals surface area contributed by atoms with Gasteiger partial charge in [-0.25, -0.2) is 0 Å². The fourth-order valence-corrected chi connectivity index (χ4v) is 2.42. The molecular weight excluding hydrogens is 306 g/mol. The fourth-order valence-electron chi connectivity index (χ4n) is 2.42. The third-order valence-electron chi connectivity index (χ3n) is 3.56. The van der Waals surface area contributed by atoms with Gasteiger partial charge in [0.25, 0.3) is 0 Å². The van der Waals surface area contributed by atoms with Gasteiger partial charge < -0.3 is 24.5 Å². The van der Waals surface area contributed by atoms with Gasteiger partial charge in [0.15, 0.2) is 17.5 Å². The first-order valence-electron chi connectivity index (χ1n) is 8.32. The molecule has 1 aromatic carbocycles. The van der Waals surface area contributed by atoms with Crippen molar-refractivity contribution in [2.24, 2.45) is 4.99 Å². The van der Waals surface area contributed by atoms with Gasteiger partial charge >= 0.3 is 0 Å². The number of hydrogen-bond donors (Lipinski definition) is 2. The van der Waals surface area contributed by atoms with Gasteiger partial charge in [0.2, 0.25) is 0 Å². The summed E-state index contributed by atoms with van der Waals surface area (Å²) in [5, 5.41) is 6.54. The Hall–Kier alpha value is -2.63. The van der Waals surface area contributed by atoms with Crippen LogP contribution in [-0.2, 0) is 6.42 Å². The van der Waals surface area contributed by atoms with E-state index in [2.05, 4.69) is 15.6 Å². The van der Waals surface area contributed by atoms with Gasteiger partial charge in [0.05, 0.1) is 19.5 Å². The number of benzene rings is 1. The number of nitrogens with one attached hydrogen (secondary N) is 2. The van der Waals surface area contributed by atoms with Crippen molar-refractivity contribution in [2.45, 2.75) is 19.8 Å². The van der Waals surface area contributed by atoms with Crippen molar-refractivity contribution in [1.29, 1.82) is 0 Å². The molecule has 0 unspecified atom stereocenters. The van der Waals surface area contributed by atoms with Gasteiger partial charge in [-0.1, -0.05) is 0 Å². The zero-order valence-corrected chi connectivity index (χ0v) is 13.9. The molecule has 1 aliphatic rings. The van der Waals surface area contributed by atoms with E-state index in [1.54, 1.807) is 6.26 Å². The van der Waals surface area contributed by atoms with Crippen LogP contribution >= 0.6 is 0 Å². The van der Waals surface area contributed by atoms with Crippen LogP contribution < -0.4 is 20.1 Å². The summed E-state index contributed by atoms with van der Waals surface area (Å²) in [5.74, 6) is 3.23. The van der Waals surface area contributed by atoms with Gasteiger partial charge in [0.1, 0.15) is 5.76 Å². The first-order valence-corrected chi connectivity index (χ1v) is 8.32. The second kappa shape index (κ2) is 8.29. The quantitative estimate of drug-likeness (QED) is 0.652. The van der Waals surface area contributed by atoms with Crippen LogP contribution in [0.4, 0.5) is 5.69 Å². The molecule has 0 fully saturated rings. The highest BCUT2D eigenvalue weighted by Crippen LogP contribution is 2.32. The van der Waals surface area contributed by atoms with Crippen molar-refractivity contribution < 1.29 is 13.9 Å². The molecule has 0 saturated carbocycles. The minimum Gasteiger partial charge on any atom is -0.490 e. The Labute approximate surface area is 141 Å². The molecule has 0 radical (unpaired) electrons. The Bertz CT molecular complexity index is 668. The van der Waals surface area contributed by atoms with Crippen LogP contribution in [0.2, 0.25) is 0 Å². The number of fused-ring (bicyclic) bond motifs is 1. The molecule has 1 aliphatic heterocycles. The Kier molecular flexibility index (Phi) is 5.61. The fraction of sp³-hybridized carbons (Fsp3) is 0.389. The van der Waals surface area contributed by atoms with E-state index in [0.717, 1.165) is 48.3 Å². The first kappa shape index (κ1) is 16.2. The Morgan fingerprint density at radius 1 is 1.17 bits per heavy atom. The summed E-state index contributed by atoms with van der Waals surface area (Å²) in [6.45, 7) is 4.84. The highest BCUT2D eigenvalue weighted by Gasteiger charge is 2.11. The summed E-state index contributed by atoms with van der Waals surface area (Å²) in [7, 11) is 0. The summed E-state index contributed by atoms with van der Waals surface area (Å²) in [6.07, 6.45) is 3.35. The van der Waals surface area contributed by atoms with Crippen LogP contribution in [-0.4, -0.2) is 32.3 Å². The number of furan rings is 1. The molecule has 0 bridgehead atoms. The van der Waals surface area contributed by atoms with Crippen molar-refractivity contribution >= 4 is 11.6 Å². The largest absolute Gasteiger partial charge is 0.490 e. The molecule has 1 aromatic heterocycles. The lowest BCUT2D eigenvalue weighted by atomic mass is 10.2. The predicted octanol–water partition coefficient (Wildman–Crippen LogP) is 3.06. The summed E-state index contributed by atoms with van der Waals surface area (Å²) >= 11 is 0. The highest BCUT2D eigenvalue weighted by atomic mass is 16.5. The van der Waals surface area contributed by atoms with E-state index in [-0.39, 0.29) is 0 Å². The van der Waals surface area contributed by atoms with Gasteiger partial charge in [0, 0.05) is 37.7 Å². The van der Waals surface area contributed by atoms with E-state index < -0.39 is 0 Å². The van der Waals surface area contributed by atoms with Gasteiger partial charge in [-0.2, -0.15) is 0 Å². The van der Waals surface area contributed by atoms with Crippen LogP contribution in [0, 0.1) is 0 Å². The Balaban J connectivity index is 1.65. The molecule has 0 spiro atoms. The van der Waals surface area contributed by atoms with E-state index in [9.17, 15) is 0 Å². The topological polar surface area (TPSA) is 68.0 Å². The second-order valence-corrected chi connectivity index (χ2v) is 5.43. The second-order valence-electron chi connectivity index (χ2n) is 5.43. The highest BCUT2D eigenvalue weighted by molar-refractivity contribution is 5.93. The van der Waals surface area contributed by atoms with Crippen LogP contribution in [0.3, 0.4) is 0 Å². The molecule has 0 aliphatic carbocycles. The summed E-state index contributed by atoms with van der Waals surface area (Å²) < 4.78 is 16.7. The van der Waals surface area contributed by atoms with E-state index >= 15 is 0 Å².